The third kappa shape index (κ3) is 7.48. The minimum absolute atomic E-state index is 0.0775. The summed E-state index contributed by atoms with van der Waals surface area (Å²) in [5, 5.41) is 3.16. The standard InChI is InChI=1S/C27H29Cl2FN4O4S/c1-31-27(36)25(16-19-8-5-4-6-9-19)33(17-22-23(28)10-7-11-24(22)29)26(35)18-34(39(37,38)32(2)3)21-14-12-20(30)13-15-21/h4-15,25H,16-18H2,1-3H3,(H,31,36)/t25-/m1/s1. The molecule has 8 nitrogen and oxygen atoms in total. The molecule has 0 unspecified atom stereocenters. The Hall–Kier alpha value is -3.18. The second-order valence-corrected chi connectivity index (χ2v) is 11.7. The smallest absolute Gasteiger partial charge is 0.304 e. The molecule has 3 aromatic rings. The normalized spacial score (nSPS) is 12.2. The Balaban J connectivity index is 2.10. The summed E-state index contributed by atoms with van der Waals surface area (Å²) in [6.07, 6.45) is 0.144. The molecule has 0 aliphatic heterocycles. The molecule has 0 fully saturated rings. The first kappa shape index (κ1) is 30.4. The van der Waals surface area contributed by atoms with Gasteiger partial charge in [0.05, 0.1) is 5.69 Å². The number of likely N-dealkylation sites (N-methyl/N-ethyl adjacent to an activating group) is 1. The van der Waals surface area contributed by atoms with Gasteiger partial charge in [-0.2, -0.15) is 12.7 Å². The van der Waals surface area contributed by atoms with E-state index < -0.39 is 40.4 Å². The van der Waals surface area contributed by atoms with Gasteiger partial charge in [0.25, 0.3) is 0 Å². The molecule has 0 radical (unpaired) electrons. The van der Waals surface area contributed by atoms with E-state index >= 15 is 0 Å². The Labute approximate surface area is 238 Å². The van der Waals surface area contributed by atoms with Crippen molar-refractivity contribution in [2.45, 2.75) is 19.0 Å². The molecular weight excluding hydrogens is 566 g/mol. The Morgan fingerprint density at radius 1 is 0.923 bits per heavy atom. The van der Waals surface area contributed by atoms with Gasteiger partial charge >= 0.3 is 10.2 Å². The Kier molecular flexibility index (Phi) is 10.3. The third-order valence-electron chi connectivity index (χ3n) is 6.04. The molecule has 208 valence electrons. The maximum Gasteiger partial charge on any atom is 0.304 e. The fourth-order valence-electron chi connectivity index (χ4n) is 3.90. The number of anilines is 1. The second kappa shape index (κ2) is 13.3. The van der Waals surface area contributed by atoms with Gasteiger partial charge in [-0.1, -0.05) is 59.6 Å². The molecule has 0 heterocycles. The van der Waals surface area contributed by atoms with Crippen LogP contribution in [0.15, 0.2) is 72.8 Å². The number of rotatable bonds is 11. The van der Waals surface area contributed by atoms with E-state index in [1.807, 2.05) is 30.3 Å². The van der Waals surface area contributed by atoms with E-state index in [9.17, 15) is 22.4 Å². The van der Waals surface area contributed by atoms with E-state index in [0.717, 1.165) is 26.3 Å². The van der Waals surface area contributed by atoms with Gasteiger partial charge in [-0.15, -0.1) is 0 Å². The van der Waals surface area contributed by atoms with Gasteiger partial charge in [0.1, 0.15) is 18.4 Å². The molecule has 1 N–H and O–H groups in total. The number of benzene rings is 3. The first-order chi connectivity index (χ1) is 18.4. The van der Waals surface area contributed by atoms with Gasteiger partial charge in [0, 0.05) is 49.7 Å². The molecular formula is C27H29Cl2FN4O4S. The highest BCUT2D eigenvalue weighted by molar-refractivity contribution is 7.90. The van der Waals surface area contributed by atoms with Crippen LogP contribution in [0.25, 0.3) is 0 Å². The minimum atomic E-state index is -4.19. The zero-order valence-electron chi connectivity index (χ0n) is 21.6. The van der Waals surface area contributed by atoms with E-state index in [-0.39, 0.29) is 28.7 Å². The highest BCUT2D eigenvalue weighted by Gasteiger charge is 2.35. The maximum atomic E-state index is 14.0. The van der Waals surface area contributed by atoms with Gasteiger partial charge in [-0.05, 0) is 42.0 Å². The molecule has 2 amide bonds. The summed E-state index contributed by atoms with van der Waals surface area (Å²) in [6.45, 7) is -0.835. The van der Waals surface area contributed by atoms with Gasteiger partial charge < -0.3 is 10.2 Å². The zero-order valence-corrected chi connectivity index (χ0v) is 24.0. The van der Waals surface area contributed by atoms with Crippen molar-refractivity contribution in [1.29, 1.82) is 0 Å². The molecule has 0 saturated heterocycles. The van der Waals surface area contributed by atoms with E-state index in [2.05, 4.69) is 5.32 Å². The molecule has 0 aliphatic rings. The number of carbonyl (C=O) groups is 2. The quantitative estimate of drug-likeness (QED) is 0.361. The second-order valence-electron chi connectivity index (χ2n) is 8.81. The van der Waals surface area contributed by atoms with E-state index in [1.54, 1.807) is 18.2 Å². The maximum absolute atomic E-state index is 14.0. The SMILES string of the molecule is CNC(=O)[C@@H](Cc1ccccc1)N(Cc1c(Cl)cccc1Cl)C(=O)CN(c1ccc(F)cc1)S(=O)(=O)N(C)C. The predicted octanol–water partition coefficient (Wildman–Crippen LogP) is 4.13. The van der Waals surface area contributed by atoms with Crippen LogP contribution in [0.4, 0.5) is 10.1 Å². The molecule has 0 aromatic heterocycles. The third-order valence-corrected chi connectivity index (χ3v) is 8.57. The van der Waals surface area contributed by atoms with Crippen LogP contribution in [-0.4, -0.2) is 63.2 Å². The summed E-state index contributed by atoms with van der Waals surface area (Å²) in [5.41, 5.74) is 1.26. The fourth-order valence-corrected chi connectivity index (χ4v) is 5.47. The lowest BCUT2D eigenvalue weighted by atomic mass is 10.0. The van der Waals surface area contributed by atoms with Crippen molar-refractivity contribution in [3.63, 3.8) is 0 Å². The van der Waals surface area contributed by atoms with Crippen LogP contribution in [0, 0.1) is 5.82 Å². The first-order valence-corrected chi connectivity index (χ1v) is 14.0. The van der Waals surface area contributed by atoms with Crippen LogP contribution in [0.5, 0.6) is 0 Å². The predicted molar refractivity (Wildman–Crippen MR) is 151 cm³/mol. The molecule has 0 spiro atoms. The fraction of sp³-hybridized carbons (Fsp3) is 0.259. The van der Waals surface area contributed by atoms with Crippen molar-refractivity contribution in [2.75, 3.05) is 32.0 Å². The highest BCUT2D eigenvalue weighted by Crippen LogP contribution is 2.28. The average Bonchev–Trinajstić information content (AvgIpc) is 2.91. The number of amides is 2. The van der Waals surface area contributed by atoms with Crippen molar-refractivity contribution in [1.82, 2.24) is 14.5 Å². The van der Waals surface area contributed by atoms with Crippen LogP contribution in [0.3, 0.4) is 0 Å². The van der Waals surface area contributed by atoms with E-state index in [4.69, 9.17) is 23.2 Å². The topological polar surface area (TPSA) is 90.0 Å². The Bertz CT molecular complexity index is 1390. The van der Waals surface area contributed by atoms with Crippen molar-refractivity contribution in [2.24, 2.45) is 0 Å². The van der Waals surface area contributed by atoms with Crippen LogP contribution >= 0.6 is 23.2 Å². The van der Waals surface area contributed by atoms with Crippen LogP contribution < -0.4 is 9.62 Å². The number of hydrogen-bond donors (Lipinski definition) is 1. The summed E-state index contributed by atoms with van der Waals surface area (Å²) in [6, 6.07) is 17.7. The molecule has 0 aliphatic carbocycles. The lowest BCUT2D eigenvalue weighted by Crippen LogP contribution is -2.54. The largest absolute Gasteiger partial charge is 0.357 e. The van der Waals surface area contributed by atoms with Crippen molar-refractivity contribution in [3.8, 4) is 0 Å². The number of nitrogens with one attached hydrogen (secondary N) is 1. The monoisotopic (exact) mass is 594 g/mol. The minimum Gasteiger partial charge on any atom is -0.357 e. The van der Waals surface area contributed by atoms with Gasteiger partial charge in [0.15, 0.2) is 0 Å². The molecule has 3 aromatic carbocycles. The lowest BCUT2D eigenvalue weighted by Gasteiger charge is -2.34. The van der Waals surface area contributed by atoms with Crippen molar-refractivity contribution >= 4 is 50.9 Å². The van der Waals surface area contributed by atoms with Gasteiger partial charge in [0.2, 0.25) is 11.8 Å². The van der Waals surface area contributed by atoms with Gasteiger partial charge in [-0.3, -0.25) is 9.59 Å². The summed E-state index contributed by atoms with van der Waals surface area (Å²) in [7, 11) is -0.0983. The number of hydrogen-bond acceptors (Lipinski definition) is 4. The number of halogens is 3. The lowest BCUT2D eigenvalue weighted by molar-refractivity contribution is -0.139. The summed E-state index contributed by atoms with van der Waals surface area (Å²) in [5.74, 6) is -1.71. The Morgan fingerprint density at radius 3 is 2.05 bits per heavy atom. The Morgan fingerprint density at radius 2 is 1.51 bits per heavy atom. The van der Waals surface area contributed by atoms with Crippen LogP contribution in [0.1, 0.15) is 11.1 Å². The molecule has 39 heavy (non-hydrogen) atoms. The molecule has 0 bridgehead atoms. The highest BCUT2D eigenvalue weighted by atomic mass is 35.5. The molecule has 0 saturated carbocycles. The van der Waals surface area contributed by atoms with Crippen LogP contribution in [-0.2, 0) is 32.8 Å². The molecule has 3 rings (SSSR count). The average molecular weight is 596 g/mol. The summed E-state index contributed by atoms with van der Waals surface area (Å²) in [4.78, 5) is 28.4. The number of nitrogens with zero attached hydrogens (tertiary/aromatic N) is 3. The summed E-state index contributed by atoms with van der Waals surface area (Å²) < 4.78 is 42.0. The van der Waals surface area contributed by atoms with Gasteiger partial charge in [-0.25, -0.2) is 8.70 Å². The molecule has 1 atom stereocenters. The van der Waals surface area contributed by atoms with E-state index in [0.29, 0.717) is 5.56 Å². The van der Waals surface area contributed by atoms with Crippen molar-refractivity contribution < 1.29 is 22.4 Å². The van der Waals surface area contributed by atoms with E-state index in [1.165, 1.54) is 38.2 Å². The van der Waals surface area contributed by atoms with Crippen LogP contribution in [0.2, 0.25) is 10.0 Å². The van der Waals surface area contributed by atoms with Crippen molar-refractivity contribution in [3.05, 3.63) is 99.8 Å². The zero-order chi connectivity index (χ0) is 28.7. The molecule has 12 heteroatoms. The number of carbonyl (C=O) groups excluding carboxylic acids is 2. The first-order valence-electron chi connectivity index (χ1n) is 11.9. The summed E-state index contributed by atoms with van der Waals surface area (Å²) >= 11 is 12.8.